The number of pyridine rings is 1. The van der Waals surface area contributed by atoms with Gasteiger partial charge in [0.15, 0.2) is 0 Å². The van der Waals surface area contributed by atoms with Crippen molar-refractivity contribution in [2.24, 2.45) is 0 Å². The van der Waals surface area contributed by atoms with Gasteiger partial charge >= 0.3 is 0 Å². The fourth-order valence-corrected chi connectivity index (χ4v) is 7.70. The van der Waals surface area contributed by atoms with E-state index >= 15 is 0 Å². The highest BCUT2D eigenvalue weighted by atomic mass is 15.2. The molecule has 0 aliphatic carbocycles. The number of hydrogen-bond donors (Lipinski definition) is 0. The predicted octanol–water partition coefficient (Wildman–Crippen LogP) is 12.2. The Balaban J connectivity index is 1.31. The lowest BCUT2D eigenvalue weighted by molar-refractivity contribution is 0.704. The average Bonchev–Trinajstić information content (AvgIpc) is 3.21. The zero-order valence-corrected chi connectivity index (χ0v) is 27.5. The first-order chi connectivity index (χ1) is 24.8. The van der Waals surface area contributed by atoms with Crippen molar-refractivity contribution in [3.63, 3.8) is 0 Å². The predicted molar refractivity (Wildman–Crippen MR) is 207 cm³/mol. The van der Waals surface area contributed by atoms with E-state index in [4.69, 9.17) is 4.98 Å². The maximum absolute atomic E-state index is 5.66. The summed E-state index contributed by atoms with van der Waals surface area (Å²) in [6.07, 6.45) is 0. The van der Waals surface area contributed by atoms with E-state index in [9.17, 15) is 0 Å². The topological polar surface area (TPSA) is 16.1 Å². The lowest BCUT2D eigenvalue weighted by atomic mass is 9.64. The number of anilines is 3. The van der Waals surface area contributed by atoms with Crippen LogP contribution in [0.2, 0.25) is 0 Å². The molecule has 1 aromatic heterocycles. The van der Waals surface area contributed by atoms with Crippen molar-refractivity contribution >= 4 is 17.1 Å². The molecule has 0 unspecified atom stereocenters. The molecule has 0 fully saturated rings. The molecule has 0 spiro atoms. The van der Waals surface area contributed by atoms with Crippen LogP contribution in [0.25, 0.3) is 33.5 Å². The van der Waals surface area contributed by atoms with E-state index in [-0.39, 0.29) is 0 Å². The van der Waals surface area contributed by atoms with E-state index in [1.807, 2.05) is 0 Å². The number of hydrogen-bond acceptors (Lipinski definition) is 2. The van der Waals surface area contributed by atoms with Crippen LogP contribution in [0.1, 0.15) is 22.4 Å². The van der Waals surface area contributed by atoms with Gasteiger partial charge in [0.1, 0.15) is 0 Å². The number of rotatable bonds is 6. The Morgan fingerprint density at radius 2 is 0.820 bits per heavy atom. The quantitative estimate of drug-likeness (QED) is 0.180. The maximum Gasteiger partial charge on any atom is 0.0914 e. The molecule has 0 radical (unpaired) electrons. The Morgan fingerprint density at radius 3 is 1.38 bits per heavy atom. The monoisotopic (exact) mass is 638 g/mol. The lowest BCUT2D eigenvalue weighted by Gasteiger charge is -2.45. The first kappa shape index (κ1) is 29.6. The minimum absolute atomic E-state index is 0.672. The van der Waals surface area contributed by atoms with Crippen LogP contribution >= 0.6 is 0 Å². The largest absolute Gasteiger partial charge is 0.310 e. The molecule has 7 aromatic carbocycles. The summed E-state index contributed by atoms with van der Waals surface area (Å²) in [6, 6.07) is 73.8. The molecule has 0 bridgehead atoms. The third-order valence-electron chi connectivity index (χ3n) is 9.90. The SMILES string of the molecule is c1ccc(-c2cc(-c3ccccc3)cc(-c3cccc(C4(c5ccccc5)c5ccccc5N(c5ccccc5)c5ccccc54)n3)c2)cc1. The van der Waals surface area contributed by atoms with Gasteiger partial charge in [-0.15, -0.1) is 0 Å². The van der Waals surface area contributed by atoms with E-state index in [1.165, 1.54) is 38.9 Å². The van der Waals surface area contributed by atoms with Crippen LogP contribution < -0.4 is 4.90 Å². The van der Waals surface area contributed by atoms with Crippen molar-refractivity contribution in [2.45, 2.75) is 5.41 Å². The van der Waals surface area contributed by atoms with E-state index in [1.54, 1.807) is 0 Å². The van der Waals surface area contributed by atoms with Crippen molar-refractivity contribution in [1.82, 2.24) is 4.98 Å². The molecular formula is C48H34N2. The van der Waals surface area contributed by atoms with Gasteiger partial charge < -0.3 is 4.90 Å². The molecule has 2 heteroatoms. The minimum atomic E-state index is -0.672. The minimum Gasteiger partial charge on any atom is -0.310 e. The molecule has 0 saturated carbocycles. The first-order valence-corrected chi connectivity index (χ1v) is 17.1. The normalized spacial score (nSPS) is 12.9. The van der Waals surface area contributed by atoms with Crippen molar-refractivity contribution in [2.75, 3.05) is 4.90 Å². The van der Waals surface area contributed by atoms with Crippen LogP contribution in [0, 0.1) is 0 Å². The average molecular weight is 639 g/mol. The van der Waals surface area contributed by atoms with Crippen LogP contribution in [0.4, 0.5) is 17.1 Å². The molecule has 0 saturated heterocycles. The van der Waals surface area contributed by atoms with E-state index in [0.717, 1.165) is 34.0 Å². The molecule has 0 amide bonds. The molecule has 8 aromatic rings. The Morgan fingerprint density at radius 1 is 0.360 bits per heavy atom. The van der Waals surface area contributed by atoms with Gasteiger partial charge in [-0.25, -0.2) is 0 Å². The van der Waals surface area contributed by atoms with E-state index in [2.05, 4.69) is 211 Å². The zero-order valence-electron chi connectivity index (χ0n) is 27.5. The summed E-state index contributed by atoms with van der Waals surface area (Å²) in [4.78, 5) is 8.06. The van der Waals surface area contributed by atoms with Crippen molar-refractivity contribution in [1.29, 1.82) is 0 Å². The second kappa shape index (κ2) is 12.5. The third kappa shape index (κ3) is 4.93. The Labute approximate surface area is 293 Å². The van der Waals surface area contributed by atoms with E-state index in [0.29, 0.717) is 0 Å². The van der Waals surface area contributed by atoms with Crippen molar-refractivity contribution < 1.29 is 0 Å². The summed E-state index contributed by atoms with van der Waals surface area (Å²) in [5.41, 5.74) is 14.0. The van der Waals surface area contributed by atoms with Gasteiger partial charge in [0.25, 0.3) is 0 Å². The van der Waals surface area contributed by atoms with Gasteiger partial charge in [0.2, 0.25) is 0 Å². The van der Waals surface area contributed by atoms with E-state index < -0.39 is 5.41 Å². The smallest absolute Gasteiger partial charge is 0.0914 e. The fourth-order valence-electron chi connectivity index (χ4n) is 7.70. The van der Waals surface area contributed by atoms with Gasteiger partial charge in [-0.05, 0) is 93.5 Å². The summed E-state index contributed by atoms with van der Waals surface area (Å²) in [5, 5.41) is 0. The summed E-state index contributed by atoms with van der Waals surface area (Å²) < 4.78 is 0. The highest BCUT2D eigenvalue weighted by Crippen LogP contribution is 2.57. The van der Waals surface area contributed by atoms with Gasteiger partial charge in [-0.2, -0.15) is 0 Å². The standard InChI is InChI=1S/C48H34N2/c1-5-18-35(19-6-1)37-32-38(36-20-7-2-8-21-36)34-39(33-37)44-28-17-31-47(49-44)48(40-22-9-3-10-23-40)42-26-13-15-29-45(42)50(41-24-11-4-12-25-41)46-30-16-14-27-43(46)48/h1-34H. The number of benzene rings is 7. The highest BCUT2D eigenvalue weighted by Gasteiger charge is 2.47. The second-order valence-corrected chi connectivity index (χ2v) is 12.8. The second-order valence-electron chi connectivity index (χ2n) is 12.8. The molecule has 2 nitrogen and oxygen atoms in total. The lowest BCUT2D eigenvalue weighted by Crippen LogP contribution is -2.38. The Hall–Kier alpha value is -6.51. The van der Waals surface area contributed by atoms with Crippen LogP contribution in [-0.4, -0.2) is 4.98 Å². The fraction of sp³-hybridized carbons (Fsp3) is 0.0208. The first-order valence-electron chi connectivity index (χ1n) is 17.1. The van der Waals surface area contributed by atoms with Crippen LogP contribution in [0.3, 0.4) is 0 Å². The van der Waals surface area contributed by atoms with Gasteiger partial charge in [-0.3, -0.25) is 4.98 Å². The molecule has 236 valence electrons. The molecular weight excluding hydrogens is 605 g/mol. The number of fused-ring (bicyclic) bond motifs is 2. The molecule has 1 aliphatic rings. The Bertz CT molecular complexity index is 2310. The van der Waals surface area contributed by atoms with Crippen LogP contribution in [-0.2, 0) is 5.41 Å². The maximum atomic E-state index is 5.66. The molecule has 0 atom stereocenters. The van der Waals surface area contributed by atoms with Gasteiger partial charge in [0.05, 0.1) is 28.2 Å². The zero-order chi connectivity index (χ0) is 33.3. The number of nitrogens with zero attached hydrogens (tertiary/aromatic N) is 2. The number of aromatic nitrogens is 1. The summed E-state index contributed by atoms with van der Waals surface area (Å²) in [7, 11) is 0. The highest BCUT2D eigenvalue weighted by molar-refractivity contribution is 5.89. The summed E-state index contributed by atoms with van der Waals surface area (Å²) >= 11 is 0. The third-order valence-corrected chi connectivity index (χ3v) is 9.90. The van der Waals surface area contributed by atoms with Crippen molar-refractivity contribution in [3.05, 3.63) is 229 Å². The van der Waals surface area contributed by atoms with Crippen LogP contribution in [0.15, 0.2) is 206 Å². The molecule has 0 N–H and O–H groups in total. The van der Waals surface area contributed by atoms with Crippen molar-refractivity contribution in [3.8, 4) is 33.5 Å². The number of para-hydroxylation sites is 3. The molecule has 50 heavy (non-hydrogen) atoms. The molecule has 1 aliphatic heterocycles. The summed E-state index contributed by atoms with van der Waals surface area (Å²) in [5.74, 6) is 0. The van der Waals surface area contributed by atoms with Crippen LogP contribution in [0.5, 0.6) is 0 Å². The molecule has 9 rings (SSSR count). The van der Waals surface area contributed by atoms with Gasteiger partial charge in [-0.1, -0.05) is 152 Å². The Kier molecular flexibility index (Phi) is 7.40. The summed E-state index contributed by atoms with van der Waals surface area (Å²) in [6.45, 7) is 0. The van der Waals surface area contributed by atoms with Gasteiger partial charge in [0, 0.05) is 11.3 Å². The molecule has 2 heterocycles.